The minimum atomic E-state index is -2.85. The van der Waals surface area contributed by atoms with E-state index in [0.29, 0.717) is 50.9 Å². The van der Waals surface area contributed by atoms with Crippen molar-refractivity contribution in [1.29, 1.82) is 0 Å². The number of alkyl halides is 2. The Hall–Kier alpha value is -3.77. The number of pyridine rings is 2. The van der Waals surface area contributed by atoms with Crippen molar-refractivity contribution in [2.45, 2.75) is 32.4 Å². The van der Waals surface area contributed by atoms with Crippen LogP contribution in [0.25, 0.3) is 33.4 Å². The number of aromatic nitrogens is 4. The molecular weight excluding hydrogens is 654 g/mol. The predicted octanol–water partition coefficient (Wildman–Crippen LogP) is 7.73. The number of hydrogen-bond donors (Lipinski definition) is 2. The lowest BCUT2D eigenvalue weighted by Gasteiger charge is -2.18. The maximum atomic E-state index is 13.7. The number of β-amino-alcohol motifs (C(OH)–C–C–N with tert-alkyl or cyclic N) is 1. The van der Waals surface area contributed by atoms with Crippen molar-refractivity contribution >= 4 is 50.1 Å². The molecule has 1 aliphatic heterocycles. The zero-order valence-electron chi connectivity index (χ0n) is 23.9. The molecule has 0 radical (unpaired) electrons. The van der Waals surface area contributed by atoms with E-state index < -0.39 is 12.2 Å². The second-order valence-corrected chi connectivity index (χ2v) is 11.9. The highest BCUT2D eigenvalue weighted by molar-refractivity contribution is 9.10. The van der Waals surface area contributed by atoms with Gasteiger partial charge in [-0.05, 0) is 58.6 Å². The summed E-state index contributed by atoms with van der Waals surface area (Å²) in [5.74, 6) is 0.0998. The number of methoxy groups -OCH3 is 1. The molecule has 4 heterocycles. The van der Waals surface area contributed by atoms with Crippen LogP contribution in [0, 0.1) is 6.92 Å². The minimum Gasteiger partial charge on any atom is -0.481 e. The van der Waals surface area contributed by atoms with Gasteiger partial charge in [-0.15, -0.1) is 0 Å². The Kier molecular flexibility index (Phi) is 8.73. The first-order valence-corrected chi connectivity index (χ1v) is 15.1. The molecule has 1 saturated heterocycles. The van der Waals surface area contributed by atoms with E-state index in [4.69, 9.17) is 21.3 Å². The SMILES string of the molecule is COc1nc(-c2cccc(-c3cccc(Nc4nc(C(F)F)nc5cc(Br)cnc45)c3C)c2Cl)ccc1CN1CC[C@H](O)C1. The van der Waals surface area contributed by atoms with Crippen molar-refractivity contribution in [2.75, 3.05) is 25.5 Å². The van der Waals surface area contributed by atoms with Crippen molar-refractivity contribution < 1.29 is 18.6 Å². The lowest BCUT2D eigenvalue weighted by atomic mass is 9.96. The van der Waals surface area contributed by atoms with Crippen LogP contribution < -0.4 is 10.1 Å². The molecule has 2 N–H and O–H groups in total. The smallest absolute Gasteiger partial charge is 0.297 e. The summed E-state index contributed by atoms with van der Waals surface area (Å²) in [7, 11) is 1.59. The predicted molar refractivity (Wildman–Crippen MR) is 171 cm³/mol. The Balaban J connectivity index is 1.34. The summed E-state index contributed by atoms with van der Waals surface area (Å²) < 4.78 is 33.6. The Morgan fingerprint density at radius 1 is 1.09 bits per heavy atom. The zero-order valence-corrected chi connectivity index (χ0v) is 26.2. The Bertz CT molecular complexity index is 1860. The summed E-state index contributed by atoms with van der Waals surface area (Å²) in [6, 6.07) is 16.9. The average Bonchev–Trinajstić information content (AvgIpc) is 3.42. The molecule has 1 atom stereocenters. The van der Waals surface area contributed by atoms with Crippen LogP contribution in [0.3, 0.4) is 0 Å². The van der Waals surface area contributed by atoms with Gasteiger partial charge in [0.2, 0.25) is 5.88 Å². The topological polar surface area (TPSA) is 96.3 Å². The maximum absolute atomic E-state index is 13.7. The van der Waals surface area contributed by atoms with E-state index in [1.165, 1.54) is 0 Å². The molecule has 1 aliphatic rings. The largest absolute Gasteiger partial charge is 0.481 e. The van der Waals surface area contributed by atoms with E-state index in [2.05, 4.69) is 41.1 Å². The first-order valence-electron chi connectivity index (χ1n) is 13.9. The van der Waals surface area contributed by atoms with Gasteiger partial charge >= 0.3 is 0 Å². The Morgan fingerprint density at radius 3 is 2.61 bits per heavy atom. The molecule has 8 nitrogen and oxygen atoms in total. The quantitative estimate of drug-likeness (QED) is 0.172. The minimum absolute atomic E-state index is 0.178. The molecule has 226 valence electrons. The number of benzene rings is 2. The van der Waals surface area contributed by atoms with Gasteiger partial charge in [0.25, 0.3) is 6.43 Å². The zero-order chi connectivity index (χ0) is 31.0. The van der Waals surface area contributed by atoms with Crippen LogP contribution in [0.2, 0.25) is 5.02 Å². The van der Waals surface area contributed by atoms with Gasteiger partial charge in [-0.1, -0.05) is 48.0 Å². The van der Waals surface area contributed by atoms with Crippen LogP contribution in [0.1, 0.15) is 29.8 Å². The molecule has 1 fully saturated rings. The average molecular weight is 682 g/mol. The third-order valence-electron chi connectivity index (χ3n) is 7.64. The summed E-state index contributed by atoms with van der Waals surface area (Å²) in [5.41, 5.74) is 6.12. The fraction of sp³-hybridized carbons (Fsp3) is 0.250. The van der Waals surface area contributed by atoms with E-state index in [0.717, 1.165) is 40.8 Å². The lowest BCUT2D eigenvalue weighted by Crippen LogP contribution is -2.22. The Morgan fingerprint density at radius 2 is 1.86 bits per heavy atom. The lowest BCUT2D eigenvalue weighted by molar-refractivity contribution is 0.141. The molecule has 44 heavy (non-hydrogen) atoms. The molecule has 2 aromatic carbocycles. The van der Waals surface area contributed by atoms with Gasteiger partial charge < -0.3 is 15.2 Å². The van der Waals surface area contributed by atoms with Gasteiger partial charge in [0.15, 0.2) is 11.6 Å². The number of nitrogens with zero attached hydrogens (tertiary/aromatic N) is 5. The van der Waals surface area contributed by atoms with Gasteiger partial charge in [0.05, 0.1) is 29.4 Å². The van der Waals surface area contributed by atoms with Gasteiger partial charge in [-0.3, -0.25) is 4.90 Å². The van der Waals surface area contributed by atoms with Gasteiger partial charge in [0, 0.05) is 52.7 Å². The molecule has 12 heteroatoms. The molecule has 5 aromatic rings. The van der Waals surface area contributed by atoms with Crippen molar-refractivity contribution in [3.8, 4) is 28.3 Å². The van der Waals surface area contributed by atoms with Crippen molar-refractivity contribution in [3.63, 3.8) is 0 Å². The molecular formula is C32H28BrClF2N6O2. The summed E-state index contributed by atoms with van der Waals surface area (Å²) in [5, 5.41) is 13.6. The summed E-state index contributed by atoms with van der Waals surface area (Å²) >= 11 is 10.4. The third kappa shape index (κ3) is 6.10. The number of rotatable bonds is 8. The number of fused-ring (bicyclic) bond motifs is 1. The van der Waals surface area contributed by atoms with E-state index in [1.54, 1.807) is 19.4 Å². The molecule has 0 saturated carbocycles. The van der Waals surface area contributed by atoms with E-state index in [9.17, 15) is 13.9 Å². The molecule has 0 unspecified atom stereocenters. The van der Waals surface area contributed by atoms with Crippen LogP contribution in [0.4, 0.5) is 20.3 Å². The molecule has 0 bridgehead atoms. The van der Waals surface area contributed by atoms with Crippen LogP contribution in [0.5, 0.6) is 5.88 Å². The molecule has 0 aliphatic carbocycles. The maximum Gasteiger partial charge on any atom is 0.297 e. The summed E-state index contributed by atoms with van der Waals surface area (Å²) in [4.78, 5) is 19.4. The highest BCUT2D eigenvalue weighted by Gasteiger charge is 2.23. The molecule has 3 aromatic heterocycles. The number of ether oxygens (including phenoxy) is 1. The monoisotopic (exact) mass is 680 g/mol. The molecule has 0 spiro atoms. The molecule has 6 rings (SSSR count). The van der Waals surface area contributed by atoms with Gasteiger partial charge in [0.1, 0.15) is 5.52 Å². The second kappa shape index (κ2) is 12.7. The normalized spacial score (nSPS) is 15.3. The Labute approximate surface area is 266 Å². The van der Waals surface area contributed by atoms with Crippen LogP contribution in [-0.2, 0) is 6.54 Å². The van der Waals surface area contributed by atoms with Gasteiger partial charge in [-0.2, -0.15) is 0 Å². The van der Waals surface area contributed by atoms with Gasteiger partial charge in [-0.25, -0.2) is 28.7 Å². The van der Waals surface area contributed by atoms with E-state index >= 15 is 0 Å². The van der Waals surface area contributed by atoms with Crippen LogP contribution >= 0.6 is 27.5 Å². The number of aliphatic hydroxyl groups excluding tert-OH is 1. The summed E-state index contributed by atoms with van der Waals surface area (Å²) in [6.45, 7) is 4.00. The molecule has 0 amide bonds. The number of nitrogens with one attached hydrogen (secondary N) is 1. The van der Waals surface area contributed by atoms with E-state index in [-0.39, 0.29) is 11.9 Å². The number of anilines is 2. The van der Waals surface area contributed by atoms with Crippen molar-refractivity contribution in [3.05, 3.63) is 87.2 Å². The fourth-order valence-corrected chi connectivity index (χ4v) is 6.08. The van der Waals surface area contributed by atoms with Crippen LogP contribution in [-0.4, -0.2) is 56.2 Å². The van der Waals surface area contributed by atoms with Crippen molar-refractivity contribution in [2.24, 2.45) is 0 Å². The first kappa shape index (κ1) is 30.3. The van der Waals surface area contributed by atoms with Crippen molar-refractivity contribution in [1.82, 2.24) is 24.8 Å². The highest BCUT2D eigenvalue weighted by Crippen LogP contribution is 2.40. The fourth-order valence-electron chi connectivity index (χ4n) is 5.44. The van der Waals surface area contributed by atoms with Crippen LogP contribution in [0.15, 0.2) is 65.3 Å². The number of hydrogen-bond acceptors (Lipinski definition) is 8. The first-order chi connectivity index (χ1) is 21.2. The van der Waals surface area contributed by atoms with E-state index in [1.807, 2.05) is 55.5 Å². The number of aliphatic hydroxyl groups is 1. The second-order valence-electron chi connectivity index (χ2n) is 10.6. The number of halogens is 4. The highest BCUT2D eigenvalue weighted by atomic mass is 79.9. The standard InChI is InChI=1S/C32H28BrClF2N6O2/c1-17-21(5-4-8-24(17)38-30-28-26(13-19(33)14-37-28)39-31(41-30)29(35)36)22-6-3-7-23(27(22)34)25-10-9-18(32(40-25)44-2)15-42-12-11-20(43)16-42/h3-10,13-14,20,29,43H,11-12,15-16H2,1-2H3,(H,38,39,41)/t20-/m0/s1. The number of likely N-dealkylation sites (tertiary alicyclic amines) is 1. The summed E-state index contributed by atoms with van der Waals surface area (Å²) in [6.07, 6.45) is -0.822. The third-order valence-corrected chi connectivity index (χ3v) is 8.48.